The molecule has 0 atom stereocenters. The highest BCUT2D eigenvalue weighted by Crippen LogP contribution is 2.32. The van der Waals surface area contributed by atoms with E-state index in [0.717, 1.165) is 12.3 Å². The minimum atomic E-state index is -0.376. The minimum Gasteiger partial charge on any atom is -0.337 e. The van der Waals surface area contributed by atoms with Gasteiger partial charge in [-0.25, -0.2) is 9.38 Å². The summed E-state index contributed by atoms with van der Waals surface area (Å²) in [5, 5.41) is 12.4. The molecule has 1 fully saturated rings. The van der Waals surface area contributed by atoms with Crippen molar-refractivity contribution in [2.24, 2.45) is 10.9 Å². The Hall–Kier alpha value is -2.61. The van der Waals surface area contributed by atoms with Crippen LogP contribution in [-0.4, -0.2) is 17.8 Å². The zero-order chi connectivity index (χ0) is 17.1. The predicted octanol–water partition coefficient (Wildman–Crippen LogP) is 4.41. The van der Waals surface area contributed by atoms with Gasteiger partial charge >= 0.3 is 0 Å². The van der Waals surface area contributed by atoms with E-state index in [1.54, 1.807) is 18.2 Å². The number of rotatable bonds is 4. The van der Waals surface area contributed by atoms with Crippen LogP contribution in [0.1, 0.15) is 32.1 Å². The molecule has 2 aliphatic rings. The van der Waals surface area contributed by atoms with Crippen molar-refractivity contribution in [3.8, 4) is 6.07 Å². The molecule has 1 aromatic rings. The summed E-state index contributed by atoms with van der Waals surface area (Å²) in [5.41, 5.74) is 1.25. The molecule has 5 heteroatoms. The molecule has 1 saturated carbocycles. The molecule has 1 aliphatic heterocycles. The van der Waals surface area contributed by atoms with Crippen molar-refractivity contribution in [1.29, 1.82) is 5.26 Å². The number of anilines is 1. The number of amidine groups is 1. The third kappa shape index (κ3) is 3.18. The monoisotopic (exact) mass is 324 g/mol. The number of halogens is 1. The van der Waals surface area contributed by atoms with Crippen molar-refractivity contribution >= 4 is 11.5 Å². The van der Waals surface area contributed by atoms with Gasteiger partial charge < -0.3 is 10.2 Å². The normalized spacial score (nSPS) is 18.6. The van der Waals surface area contributed by atoms with E-state index in [2.05, 4.69) is 23.0 Å². The Bertz CT molecular complexity index is 751. The van der Waals surface area contributed by atoms with Crippen LogP contribution in [0, 0.1) is 23.1 Å². The van der Waals surface area contributed by atoms with E-state index in [9.17, 15) is 9.65 Å². The predicted molar refractivity (Wildman–Crippen MR) is 93.6 cm³/mol. The molecule has 3 rings (SSSR count). The van der Waals surface area contributed by atoms with Crippen molar-refractivity contribution in [3.63, 3.8) is 0 Å². The zero-order valence-electron chi connectivity index (χ0n) is 13.8. The number of hydrogen-bond acceptors (Lipinski definition) is 4. The summed E-state index contributed by atoms with van der Waals surface area (Å²) < 4.78 is 13.9. The molecule has 1 aliphatic carbocycles. The van der Waals surface area contributed by atoms with Gasteiger partial charge in [0.1, 0.15) is 23.3 Å². The average Bonchev–Trinajstić information content (AvgIpc) is 3.08. The molecule has 0 amide bonds. The largest absolute Gasteiger partial charge is 0.337 e. The van der Waals surface area contributed by atoms with E-state index in [0.29, 0.717) is 28.7 Å². The summed E-state index contributed by atoms with van der Waals surface area (Å²) in [6.07, 6.45) is 5.82. The quantitative estimate of drug-likeness (QED) is 0.892. The minimum absolute atomic E-state index is 0.307. The Morgan fingerprint density at radius 1 is 1.38 bits per heavy atom. The van der Waals surface area contributed by atoms with Gasteiger partial charge in [0, 0.05) is 13.5 Å². The fraction of sp³-hybridized carbons (Fsp3) is 0.368. The maximum absolute atomic E-state index is 13.9. The van der Waals surface area contributed by atoms with Gasteiger partial charge in [0.05, 0.1) is 11.4 Å². The standard InChI is InChI=1S/C19H21FN4/c1-13-15(12-21)19(22-17-10-6-5-9-16(17)20)23-18(24(13)2)11-14-7-3-4-8-14/h5-6,9-10,14,22H,1,3-4,7-8,11H2,2H3. The fourth-order valence-electron chi connectivity index (χ4n) is 3.27. The van der Waals surface area contributed by atoms with Gasteiger partial charge in [0.2, 0.25) is 0 Å². The lowest BCUT2D eigenvalue weighted by molar-refractivity contribution is 0.523. The number of nitrogens with zero attached hydrogens (tertiary/aromatic N) is 3. The molecular formula is C19H21FN4. The van der Waals surface area contributed by atoms with Crippen LogP contribution in [0.5, 0.6) is 0 Å². The Labute approximate surface area is 142 Å². The molecule has 24 heavy (non-hydrogen) atoms. The zero-order valence-corrected chi connectivity index (χ0v) is 13.8. The van der Waals surface area contributed by atoms with E-state index in [1.807, 2.05) is 11.9 Å². The van der Waals surface area contributed by atoms with Gasteiger partial charge in [-0.2, -0.15) is 5.26 Å². The van der Waals surface area contributed by atoms with Crippen LogP contribution < -0.4 is 5.32 Å². The second kappa shape index (κ2) is 6.88. The van der Waals surface area contributed by atoms with Gasteiger partial charge in [0.25, 0.3) is 0 Å². The number of benzene rings is 1. The maximum Gasteiger partial charge on any atom is 0.152 e. The lowest BCUT2D eigenvalue weighted by atomic mass is 10.0. The first kappa shape index (κ1) is 16.3. The smallest absolute Gasteiger partial charge is 0.152 e. The summed E-state index contributed by atoms with van der Waals surface area (Å²) in [6.45, 7) is 4.02. The average molecular weight is 324 g/mol. The van der Waals surface area contributed by atoms with Crippen molar-refractivity contribution in [3.05, 3.63) is 53.8 Å². The summed E-state index contributed by atoms with van der Waals surface area (Å²) in [4.78, 5) is 6.50. The molecule has 0 saturated heterocycles. The number of hydrogen-bond donors (Lipinski definition) is 1. The second-order valence-corrected chi connectivity index (χ2v) is 6.33. The molecule has 1 heterocycles. The number of nitrogens with one attached hydrogen (secondary N) is 1. The van der Waals surface area contributed by atoms with Crippen LogP contribution >= 0.6 is 0 Å². The fourth-order valence-corrected chi connectivity index (χ4v) is 3.27. The van der Waals surface area contributed by atoms with Crippen LogP contribution in [0.4, 0.5) is 10.1 Å². The Morgan fingerprint density at radius 3 is 2.75 bits per heavy atom. The number of allylic oxidation sites excluding steroid dienone is 1. The van der Waals surface area contributed by atoms with E-state index in [4.69, 9.17) is 0 Å². The lowest BCUT2D eigenvalue weighted by Crippen LogP contribution is -2.32. The van der Waals surface area contributed by atoms with E-state index in [1.165, 1.54) is 31.7 Å². The Kier molecular flexibility index (Phi) is 4.66. The van der Waals surface area contributed by atoms with Gasteiger partial charge in [-0.05, 0) is 18.1 Å². The molecule has 0 unspecified atom stereocenters. The highest BCUT2D eigenvalue weighted by Gasteiger charge is 2.27. The van der Waals surface area contributed by atoms with E-state index >= 15 is 0 Å². The van der Waals surface area contributed by atoms with Crippen molar-refractivity contribution in [2.75, 3.05) is 12.4 Å². The SMILES string of the molecule is C=C1C(C#N)=C(Nc2ccccc2F)N=C(CC2CCCC2)N1C. The lowest BCUT2D eigenvalue weighted by Gasteiger charge is -2.30. The van der Waals surface area contributed by atoms with Crippen LogP contribution in [0.2, 0.25) is 0 Å². The van der Waals surface area contributed by atoms with Crippen molar-refractivity contribution < 1.29 is 4.39 Å². The van der Waals surface area contributed by atoms with Gasteiger partial charge in [0.15, 0.2) is 5.82 Å². The van der Waals surface area contributed by atoms with Crippen molar-refractivity contribution in [1.82, 2.24) is 4.90 Å². The molecule has 124 valence electrons. The maximum atomic E-state index is 13.9. The van der Waals surface area contributed by atoms with E-state index in [-0.39, 0.29) is 5.82 Å². The highest BCUT2D eigenvalue weighted by atomic mass is 19.1. The van der Waals surface area contributed by atoms with Crippen molar-refractivity contribution in [2.45, 2.75) is 32.1 Å². The molecule has 1 aromatic carbocycles. The first-order valence-corrected chi connectivity index (χ1v) is 8.26. The Balaban J connectivity index is 1.92. The first-order valence-electron chi connectivity index (χ1n) is 8.26. The van der Waals surface area contributed by atoms with Crippen LogP contribution in [-0.2, 0) is 0 Å². The molecule has 4 nitrogen and oxygen atoms in total. The summed E-state index contributed by atoms with van der Waals surface area (Å²) >= 11 is 0. The second-order valence-electron chi connectivity index (χ2n) is 6.33. The summed E-state index contributed by atoms with van der Waals surface area (Å²) in [5.74, 6) is 1.50. The highest BCUT2D eigenvalue weighted by molar-refractivity contribution is 5.88. The number of aliphatic imine (C=N–C) groups is 1. The summed E-state index contributed by atoms with van der Waals surface area (Å²) in [6, 6.07) is 8.51. The third-order valence-electron chi connectivity index (χ3n) is 4.74. The van der Waals surface area contributed by atoms with Gasteiger partial charge in [-0.1, -0.05) is 44.4 Å². The van der Waals surface area contributed by atoms with Crippen LogP contribution in [0.15, 0.2) is 52.9 Å². The molecule has 0 spiro atoms. The van der Waals surface area contributed by atoms with E-state index < -0.39 is 0 Å². The number of nitriles is 1. The summed E-state index contributed by atoms with van der Waals surface area (Å²) in [7, 11) is 1.88. The van der Waals surface area contributed by atoms with Crippen LogP contribution in [0.3, 0.4) is 0 Å². The molecule has 0 bridgehead atoms. The third-order valence-corrected chi connectivity index (χ3v) is 4.74. The molecule has 0 aromatic heterocycles. The number of para-hydroxylation sites is 1. The number of likely N-dealkylation sites (N-methyl/N-ethyl adjacent to an activating group) is 1. The van der Waals surface area contributed by atoms with Gasteiger partial charge in [-0.15, -0.1) is 0 Å². The Morgan fingerprint density at radius 2 is 2.08 bits per heavy atom. The topological polar surface area (TPSA) is 51.4 Å². The molecular weight excluding hydrogens is 303 g/mol. The first-order chi connectivity index (χ1) is 11.6. The molecule has 0 radical (unpaired) electrons. The van der Waals surface area contributed by atoms with Crippen LogP contribution in [0.25, 0.3) is 0 Å². The molecule has 1 N–H and O–H groups in total. The van der Waals surface area contributed by atoms with Gasteiger partial charge in [-0.3, -0.25) is 0 Å².